The second-order valence-corrected chi connectivity index (χ2v) is 8.86. The highest BCUT2D eigenvalue weighted by Gasteiger charge is 2.20. The van der Waals surface area contributed by atoms with E-state index >= 15 is 0 Å². The van der Waals surface area contributed by atoms with Crippen molar-refractivity contribution in [1.82, 2.24) is 0 Å². The van der Waals surface area contributed by atoms with Gasteiger partial charge in [-0.25, -0.2) is 0 Å². The van der Waals surface area contributed by atoms with Gasteiger partial charge in [-0.15, -0.1) is 0 Å². The molecule has 0 spiro atoms. The van der Waals surface area contributed by atoms with Crippen LogP contribution in [0.5, 0.6) is 17.2 Å². The fraction of sp³-hybridized carbons (Fsp3) is 0.259. The summed E-state index contributed by atoms with van der Waals surface area (Å²) in [5.41, 5.74) is 15.1. The second-order valence-electron chi connectivity index (χ2n) is 8.42. The zero-order valence-corrected chi connectivity index (χ0v) is 20.6. The quantitative estimate of drug-likeness (QED) is 0.424. The molecule has 0 radical (unpaired) electrons. The SMILES string of the molecule is CC(=O)N1CCCc2cc(Oc3cccc(Cl)c3)ccc21.Cc1cc(O)cc(N)c1CCC(N)=O. The van der Waals surface area contributed by atoms with E-state index in [1.807, 2.05) is 48.2 Å². The first-order chi connectivity index (χ1) is 16.6. The van der Waals surface area contributed by atoms with Crippen molar-refractivity contribution in [2.24, 2.45) is 5.73 Å². The minimum atomic E-state index is -0.350. The number of phenolic OH excluding ortho intramolecular Hbond substituents is 1. The van der Waals surface area contributed by atoms with Crippen LogP contribution in [0.15, 0.2) is 54.6 Å². The molecular weight excluding hydrogens is 466 g/mol. The number of hydrogen-bond donors (Lipinski definition) is 3. The van der Waals surface area contributed by atoms with Crippen LogP contribution in [0, 0.1) is 6.92 Å². The molecule has 0 aliphatic carbocycles. The van der Waals surface area contributed by atoms with Crippen LogP contribution in [0.1, 0.15) is 36.5 Å². The number of halogens is 1. The molecule has 4 rings (SSSR count). The lowest BCUT2D eigenvalue weighted by molar-refractivity contribution is -0.118. The lowest BCUT2D eigenvalue weighted by atomic mass is 10.0. The van der Waals surface area contributed by atoms with E-state index in [-0.39, 0.29) is 24.0 Å². The summed E-state index contributed by atoms with van der Waals surface area (Å²) in [6, 6.07) is 16.3. The number of carbonyl (C=O) groups excluding carboxylic acids is 2. The number of nitrogens with zero attached hydrogens (tertiary/aromatic N) is 1. The average molecular weight is 496 g/mol. The third-order valence-corrected chi connectivity index (χ3v) is 5.93. The minimum absolute atomic E-state index is 0.0828. The molecule has 1 aliphatic heterocycles. The van der Waals surface area contributed by atoms with Gasteiger partial charge in [0.05, 0.1) is 0 Å². The molecule has 35 heavy (non-hydrogen) atoms. The Balaban J connectivity index is 0.000000214. The summed E-state index contributed by atoms with van der Waals surface area (Å²) in [4.78, 5) is 24.1. The van der Waals surface area contributed by atoms with Gasteiger partial charge in [-0.2, -0.15) is 0 Å². The number of nitrogen functional groups attached to an aromatic ring is 1. The number of anilines is 2. The molecule has 0 aromatic heterocycles. The monoisotopic (exact) mass is 495 g/mol. The topological polar surface area (TPSA) is 119 Å². The predicted molar refractivity (Wildman–Crippen MR) is 139 cm³/mol. The van der Waals surface area contributed by atoms with E-state index in [0.717, 1.165) is 47.5 Å². The fourth-order valence-electron chi connectivity index (χ4n) is 4.05. The highest BCUT2D eigenvalue weighted by atomic mass is 35.5. The first-order valence-corrected chi connectivity index (χ1v) is 11.7. The molecule has 8 heteroatoms. The van der Waals surface area contributed by atoms with Crippen molar-refractivity contribution in [3.63, 3.8) is 0 Å². The van der Waals surface area contributed by atoms with Gasteiger partial charge in [0.25, 0.3) is 0 Å². The van der Waals surface area contributed by atoms with Gasteiger partial charge in [-0.1, -0.05) is 17.7 Å². The average Bonchev–Trinajstić information content (AvgIpc) is 2.78. The van der Waals surface area contributed by atoms with Crippen LogP contribution in [-0.2, 0) is 22.4 Å². The van der Waals surface area contributed by atoms with Crippen molar-refractivity contribution in [2.75, 3.05) is 17.2 Å². The van der Waals surface area contributed by atoms with Crippen molar-refractivity contribution in [3.05, 3.63) is 76.3 Å². The molecule has 184 valence electrons. The molecule has 1 aliphatic rings. The van der Waals surface area contributed by atoms with Gasteiger partial charge in [0.15, 0.2) is 0 Å². The number of rotatable bonds is 5. The molecule has 0 unspecified atom stereocenters. The number of benzene rings is 3. The van der Waals surface area contributed by atoms with Gasteiger partial charge in [0, 0.05) is 42.4 Å². The number of primary amides is 1. The summed E-state index contributed by atoms with van der Waals surface area (Å²) in [5.74, 6) is 1.35. The van der Waals surface area contributed by atoms with Gasteiger partial charge in [0.1, 0.15) is 17.2 Å². The van der Waals surface area contributed by atoms with Gasteiger partial charge < -0.3 is 26.2 Å². The molecule has 3 aromatic carbocycles. The van der Waals surface area contributed by atoms with Crippen LogP contribution in [-0.4, -0.2) is 23.5 Å². The highest BCUT2D eigenvalue weighted by molar-refractivity contribution is 6.30. The lowest BCUT2D eigenvalue weighted by Gasteiger charge is -2.28. The summed E-state index contributed by atoms with van der Waals surface area (Å²) >= 11 is 5.96. The Hall–Kier alpha value is -3.71. The fourth-order valence-corrected chi connectivity index (χ4v) is 4.23. The van der Waals surface area contributed by atoms with E-state index in [1.165, 1.54) is 6.07 Å². The number of nitrogens with two attached hydrogens (primary N) is 2. The van der Waals surface area contributed by atoms with E-state index < -0.39 is 0 Å². The number of aryl methyl sites for hydroxylation is 2. The minimum Gasteiger partial charge on any atom is -0.508 e. The van der Waals surface area contributed by atoms with E-state index in [0.29, 0.717) is 22.9 Å². The summed E-state index contributed by atoms with van der Waals surface area (Å²) in [7, 11) is 0. The second kappa shape index (κ2) is 11.6. The van der Waals surface area contributed by atoms with E-state index in [9.17, 15) is 14.7 Å². The summed E-state index contributed by atoms with van der Waals surface area (Å²) in [5, 5.41) is 9.87. The van der Waals surface area contributed by atoms with Crippen molar-refractivity contribution < 1.29 is 19.4 Å². The molecule has 3 aromatic rings. The molecule has 0 bridgehead atoms. The predicted octanol–water partition coefficient (Wildman–Crippen LogP) is 5.13. The third kappa shape index (κ3) is 7.13. The van der Waals surface area contributed by atoms with Crippen molar-refractivity contribution in [2.45, 2.75) is 39.5 Å². The molecule has 5 N–H and O–H groups in total. The Labute approximate surface area is 210 Å². The summed E-state index contributed by atoms with van der Waals surface area (Å²) in [6.07, 6.45) is 2.74. The lowest BCUT2D eigenvalue weighted by Crippen LogP contribution is -2.33. The third-order valence-electron chi connectivity index (χ3n) is 5.70. The Bertz CT molecular complexity index is 1210. The van der Waals surface area contributed by atoms with Crippen LogP contribution in [0.3, 0.4) is 0 Å². The molecule has 0 fully saturated rings. The normalized spacial score (nSPS) is 12.3. The molecular formula is C27H30ClN3O4. The number of ether oxygens (including phenoxy) is 1. The van der Waals surface area contributed by atoms with Crippen LogP contribution < -0.4 is 21.1 Å². The Morgan fingerprint density at radius 3 is 2.51 bits per heavy atom. The van der Waals surface area contributed by atoms with Gasteiger partial charge in [0.2, 0.25) is 11.8 Å². The number of aromatic hydroxyl groups is 1. The molecule has 0 saturated heterocycles. The number of fused-ring (bicyclic) bond motifs is 1. The number of hydrogen-bond acceptors (Lipinski definition) is 5. The van der Waals surface area contributed by atoms with Crippen LogP contribution in [0.25, 0.3) is 0 Å². The standard InChI is InChI=1S/C17H16ClNO2.C10H14N2O2/c1-12(20)19-9-3-4-13-10-16(7-8-17(13)19)21-15-6-2-5-14(18)11-15;1-6-4-7(13)5-9(11)8(6)2-3-10(12)14/h2,5-8,10-11H,3-4,9H2,1H3;4-5,13H,2-3,11H2,1H3,(H2,12,14). The van der Waals surface area contributed by atoms with Crippen molar-refractivity contribution in [3.8, 4) is 17.2 Å². The molecule has 0 saturated carbocycles. The van der Waals surface area contributed by atoms with Gasteiger partial charge in [-0.05, 0) is 85.3 Å². The smallest absolute Gasteiger partial charge is 0.223 e. The van der Waals surface area contributed by atoms with E-state index in [1.54, 1.807) is 19.1 Å². The molecule has 1 heterocycles. The number of carbonyl (C=O) groups is 2. The van der Waals surface area contributed by atoms with E-state index in [2.05, 4.69) is 0 Å². The van der Waals surface area contributed by atoms with E-state index in [4.69, 9.17) is 27.8 Å². The van der Waals surface area contributed by atoms with Crippen LogP contribution >= 0.6 is 11.6 Å². The first kappa shape index (κ1) is 25.9. The molecule has 0 atom stereocenters. The Morgan fingerprint density at radius 2 is 1.86 bits per heavy atom. The maximum absolute atomic E-state index is 11.7. The Morgan fingerprint density at radius 1 is 1.11 bits per heavy atom. The van der Waals surface area contributed by atoms with Gasteiger partial charge >= 0.3 is 0 Å². The molecule has 2 amide bonds. The Kier molecular flexibility index (Phi) is 8.60. The maximum Gasteiger partial charge on any atom is 0.223 e. The zero-order chi connectivity index (χ0) is 25.5. The molecule has 7 nitrogen and oxygen atoms in total. The largest absolute Gasteiger partial charge is 0.508 e. The maximum atomic E-state index is 11.7. The number of amides is 2. The zero-order valence-electron chi connectivity index (χ0n) is 19.9. The first-order valence-electron chi connectivity index (χ1n) is 11.3. The number of phenols is 1. The van der Waals surface area contributed by atoms with Gasteiger partial charge in [-0.3, -0.25) is 9.59 Å². The van der Waals surface area contributed by atoms with Crippen LogP contribution in [0.2, 0.25) is 5.02 Å². The van der Waals surface area contributed by atoms with Crippen LogP contribution in [0.4, 0.5) is 11.4 Å². The van der Waals surface area contributed by atoms with Crippen molar-refractivity contribution >= 4 is 34.8 Å². The highest BCUT2D eigenvalue weighted by Crippen LogP contribution is 2.33. The van der Waals surface area contributed by atoms with Crippen molar-refractivity contribution in [1.29, 1.82) is 0 Å². The summed E-state index contributed by atoms with van der Waals surface area (Å²) < 4.78 is 5.83. The summed E-state index contributed by atoms with van der Waals surface area (Å²) in [6.45, 7) is 4.23.